The van der Waals surface area contributed by atoms with E-state index in [9.17, 15) is 4.79 Å². The van der Waals surface area contributed by atoms with Gasteiger partial charge < -0.3 is 10.6 Å². The van der Waals surface area contributed by atoms with E-state index >= 15 is 0 Å². The molecule has 6 nitrogen and oxygen atoms in total. The monoisotopic (exact) mass is 291 g/mol. The highest BCUT2D eigenvalue weighted by atomic mass is 32.1. The molecule has 2 N–H and O–H groups in total. The molecule has 0 bridgehead atoms. The lowest BCUT2D eigenvalue weighted by Crippen LogP contribution is -2.53. The van der Waals surface area contributed by atoms with Crippen LogP contribution in [0.1, 0.15) is 12.7 Å². The van der Waals surface area contributed by atoms with Gasteiger partial charge in [0.1, 0.15) is 16.5 Å². The summed E-state index contributed by atoms with van der Waals surface area (Å²) in [5.41, 5.74) is 0. The van der Waals surface area contributed by atoms with Crippen molar-refractivity contribution in [3.63, 3.8) is 0 Å². The molecule has 0 saturated carbocycles. The Morgan fingerprint density at radius 3 is 3.20 bits per heavy atom. The standard InChI is InChI=1S/C13H17N5OS/c1-8-12(19)15-4-5-18(8)7-10-16-11(14-2)9-3-6-20-13(9)17-10/h3,6,8H,4-5,7H2,1-2H3,(H,15,19)(H,14,16,17). The Morgan fingerprint density at radius 2 is 2.40 bits per heavy atom. The van der Waals surface area contributed by atoms with Crippen LogP contribution in [0.2, 0.25) is 0 Å². The molecular weight excluding hydrogens is 274 g/mol. The summed E-state index contributed by atoms with van der Waals surface area (Å²) in [7, 11) is 1.86. The average molecular weight is 291 g/mol. The zero-order valence-corrected chi connectivity index (χ0v) is 12.3. The van der Waals surface area contributed by atoms with Crippen molar-refractivity contribution in [1.82, 2.24) is 20.2 Å². The van der Waals surface area contributed by atoms with Crippen LogP contribution in [0.3, 0.4) is 0 Å². The molecule has 0 spiro atoms. The van der Waals surface area contributed by atoms with Crippen LogP contribution in [0.4, 0.5) is 5.82 Å². The molecule has 1 atom stereocenters. The van der Waals surface area contributed by atoms with Gasteiger partial charge in [0.25, 0.3) is 0 Å². The number of thiophene rings is 1. The number of anilines is 1. The molecule has 0 aromatic carbocycles. The highest BCUT2D eigenvalue weighted by Crippen LogP contribution is 2.25. The van der Waals surface area contributed by atoms with E-state index in [1.165, 1.54) is 0 Å². The molecule has 7 heteroatoms. The van der Waals surface area contributed by atoms with Crippen LogP contribution >= 0.6 is 11.3 Å². The van der Waals surface area contributed by atoms with E-state index in [0.717, 1.165) is 28.4 Å². The minimum Gasteiger partial charge on any atom is -0.372 e. The van der Waals surface area contributed by atoms with E-state index < -0.39 is 0 Å². The first-order valence-corrected chi connectivity index (χ1v) is 7.50. The molecule has 0 radical (unpaired) electrons. The molecule has 1 unspecified atom stereocenters. The summed E-state index contributed by atoms with van der Waals surface area (Å²) in [6.07, 6.45) is 0. The number of piperazine rings is 1. The van der Waals surface area contributed by atoms with Gasteiger partial charge in [0, 0.05) is 20.1 Å². The van der Waals surface area contributed by atoms with Crippen molar-refractivity contribution in [2.75, 3.05) is 25.5 Å². The van der Waals surface area contributed by atoms with E-state index in [4.69, 9.17) is 0 Å². The maximum absolute atomic E-state index is 11.7. The molecule has 1 saturated heterocycles. The van der Waals surface area contributed by atoms with Gasteiger partial charge in [0.15, 0.2) is 0 Å². The maximum Gasteiger partial charge on any atom is 0.237 e. The fourth-order valence-corrected chi connectivity index (χ4v) is 3.17. The normalized spacial score (nSPS) is 20.1. The van der Waals surface area contributed by atoms with E-state index in [1.54, 1.807) is 11.3 Å². The average Bonchev–Trinajstić information content (AvgIpc) is 2.91. The molecule has 3 heterocycles. The maximum atomic E-state index is 11.7. The van der Waals surface area contributed by atoms with Gasteiger partial charge in [0.2, 0.25) is 5.91 Å². The van der Waals surface area contributed by atoms with Crippen molar-refractivity contribution in [2.45, 2.75) is 19.5 Å². The van der Waals surface area contributed by atoms with Crippen LogP contribution in [0.5, 0.6) is 0 Å². The SMILES string of the molecule is CNc1nc(CN2CCNC(=O)C2C)nc2sccc12. The first kappa shape index (κ1) is 13.3. The second kappa shape index (κ2) is 5.34. The quantitative estimate of drug-likeness (QED) is 0.884. The van der Waals surface area contributed by atoms with Crippen LogP contribution in [0.15, 0.2) is 11.4 Å². The lowest BCUT2D eigenvalue weighted by molar-refractivity contribution is -0.128. The van der Waals surface area contributed by atoms with Gasteiger partial charge in [-0.15, -0.1) is 11.3 Å². The molecular formula is C13H17N5OS. The molecule has 3 rings (SSSR count). The van der Waals surface area contributed by atoms with Crippen molar-refractivity contribution in [2.24, 2.45) is 0 Å². The predicted octanol–water partition coefficient (Wildman–Crippen LogP) is 1.05. The smallest absolute Gasteiger partial charge is 0.237 e. The highest BCUT2D eigenvalue weighted by Gasteiger charge is 2.26. The molecule has 1 amide bonds. The van der Waals surface area contributed by atoms with Gasteiger partial charge in [-0.3, -0.25) is 9.69 Å². The van der Waals surface area contributed by atoms with Gasteiger partial charge in [-0.2, -0.15) is 0 Å². The Labute approximate surface area is 121 Å². The number of nitrogens with one attached hydrogen (secondary N) is 2. The van der Waals surface area contributed by atoms with Crippen molar-refractivity contribution in [3.05, 3.63) is 17.3 Å². The first-order chi connectivity index (χ1) is 9.69. The summed E-state index contributed by atoms with van der Waals surface area (Å²) in [6.45, 7) is 4.02. The van der Waals surface area contributed by atoms with Gasteiger partial charge in [-0.05, 0) is 18.4 Å². The summed E-state index contributed by atoms with van der Waals surface area (Å²) in [6, 6.07) is 1.89. The molecule has 1 aliphatic heterocycles. The third kappa shape index (κ3) is 2.34. The Balaban J connectivity index is 1.88. The Morgan fingerprint density at radius 1 is 1.55 bits per heavy atom. The Kier molecular flexibility index (Phi) is 3.54. The van der Waals surface area contributed by atoms with Crippen LogP contribution in [-0.4, -0.2) is 47.0 Å². The molecule has 20 heavy (non-hydrogen) atoms. The first-order valence-electron chi connectivity index (χ1n) is 6.62. The summed E-state index contributed by atoms with van der Waals surface area (Å²) in [5, 5.41) is 9.04. The van der Waals surface area contributed by atoms with Crippen LogP contribution in [0.25, 0.3) is 10.2 Å². The minimum atomic E-state index is -0.135. The summed E-state index contributed by atoms with van der Waals surface area (Å²) in [5.74, 6) is 1.67. The van der Waals surface area contributed by atoms with E-state index in [0.29, 0.717) is 13.1 Å². The predicted molar refractivity (Wildman–Crippen MR) is 79.8 cm³/mol. The van der Waals surface area contributed by atoms with Gasteiger partial charge in [-0.1, -0.05) is 0 Å². The molecule has 1 aliphatic rings. The summed E-state index contributed by atoms with van der Waals surface area (Å²) in [4.78, 5) is 23.9. The van der Waals surface area contributed by atoms with E-state index in [-0.39, 0.29) is 11.9 Å². The topological polar surface area (TPSA) is 70.2 Å². The highest BCUT2D eigenvalue weighted by molar-refractivity contribution is 7.16. The summed E-state index contributed by atoms with van der Waals surface area (Å²) < 4.78 is 0. The van der Waals surface area contributed by atoms with Crippen molar-refractivity contribution in [1.29, 1.82) is 0 Å². The number of carbonyl (C=O) groups excluding carboxylic acids is 1. The number of hydrogen-bond acceptors (Lipinski definition) is 6. The second-order valence-corrected chi connectivity index (χ2v) is 5.71. The Hall–Kier alpha value is -1.73. The number of hydrogen-bond donors (Lipinski definition) is 2. The lowest BCUT2D eigenvalue weighted by atomic mass is 10.2. The van der Waals surface area contributed by atoms with Crippen LogP contribution < -0.4 is 10.6 Å². The van der Waals surface area contributed by atoms with Crippen molar-refractivity contribution in [3.8, 4) is 0 Å². The number of carbonyl (C=O) groups is 1. The third-order valence-corrected chi connectivity index (χ3v) is 4.38. The molecule has 106 valence electrons. The van der Waals surface area contributed by atoms with Gasteiger partial charge >= 0.3 is 0 Å². The van der Waals surface area contributed by atoms with Gasteiger partial charge in [-0.25, -0.2) is 9.97 Å². The Bertz CT molecular complexity index is 641. The van der Waals surface area contributed by atoms with Crippen LogP contribution in [-0.2, 0) is 11.3 Å². The zero-order chi connectivity index (χ0) is 14.1. The number of amides is 1. The zero-order valence-electron chi connectivity index (χ0n) is 11.5. The largest absolute Gasteiger partial charge is 0.372 e. The number of fused-ring (bicyclic) bond motifs is 1. The third-order valence-electron chi connectivity index (χ3n) is 3.58. The van der Waals surface area contributed by atoms with Crippen molar-refractivity contribution >= 4 is 33.3 Å². The molecule has 1 fully saturated rings. The minimum absolute atomic E-state index is 0.0716. The fraction of sp³-hybridized carbons (Fsp3) is 0.462. The van der Waals surface area contributed by atoms with Crippen molar-refractivity contribution < 1.29 is 4.79 Å². The molecule has 2 aromatic rings. The van der Waals surface area contributed by atoms with E-state index in [1.807, 2.05) is 25.4 Å². The molecule has 0 aliphatic carbocycles. The van der Waals surface area contributed by atoms with E-state index in [2.05, 4.69) is 25.5 Å². The van der Waals surface area contributed by atoms with Crippen LogP contribution in [0, 0.1) is 0 Å². The van der Waals surface area contributed by atoms with Gasteiger partial charge in [0.05, 0.1) is 18.0 Å². The lowest BCUT2D eigenvalue weighted by Gasteiger charge is -2.32. The second-order valence-electron chi connectivity index (χ2n) is 4.82. The number of aromatic nitrogens is 2. The number of rotatable bonds is 3. The summed E-state index contributed by atoms with van der Waals surface area (Å²) >= 11 is 1.61. The number of nitrogens with zero attached hydrogens (tertiary/aromatic N) is 3. The molecule has 2 aromatic heterocycles. The fourth-order valence-electron chi connectivity index (χ4n) is 2.39.